The van der Waals surface area contributed by atoms with Crippen molar-refractivity contribution in [1.29, 1.82) is 0 Å². The van der Waals surface area contributed by atoms with Crippen LogP contribution in [0.4, 0.5) is 4.79 Å². The Kier molecular flexibility index (Phi) is 9.90. The van der Waals surface area contributed by atoms with Crippen LogP contribution in [0.2, 0.25) is 0 Å². The summed E-state index contributed by atoms with van der Waals surface area (Å²) in [6.45, 7) is 5.31. The topological polar surface area (TPSA) is 71.0 Å². The number of likely N-dealkylation sites (N-methyl/N-ethyl adjacent to an activating group) is 1. The highest BCUT2D eigenvalue weighted by molar-refractivity contribution is 5.74. The molecule has 0 spiro atoms. The van der Waals surface area contributed by atoms with Gasteiger partial charge < -0.3 is 24.8 Å². The number of hydrogen-bond donors (Lipinski definition) is 2. The van der Waals surface area contributed by atoms with E-state index < -0.39 is 6.10 Å². The van der Waals surface area contributed by atoms with Gasteiger partial charge in [0.05, 0.1) is 45.1 Å². The van der Waals surface area contributed by atoms with Crippen LogP contribution in [-0.2, 0) is 9.47 Å². The van der Waals surface area contributed by atoms with Crippen LogP contribution in [0.15, 0.2) is 0 Å². The average Bonchev–Trinajstić information content (AvgIpc) is 2.34. The average molecular weight is 272 g/mol. The standard InChI is InChI=1S/C13H24N2O4/c1-5-6-14-13(17)15(4)9-12(16)10-18-7-8-19-11(2)3/h1,11-12,16H,6-10H2,2-4H3,(H,14,17)/t12-/m1/s1. The third-order valence-corrected chi connectivity index (χ3v) is 2.16. The van der Waals surface area contributed by atoms with Crippen molar-refractivity contribution < 1.29 is 19.4 Å². The van der Waals surface area contributed by atoms with E-state index in [9.17, 15) is 9.90 Å². The van der Waals surface area contributed by atoms with E-state index in [4.69, 9.17) is 15.9 Å². The number of hydrogen-bond acceptors (Lipinski definition) is 4. The predicted octanol–water partition coefficient (Wildman–Crippen LogP) is 0.0635. The number of ether oxygens (including phenoxy) is 2. The lowest BCUT2D eigenvalue weighted by Crippen LogP contribution is -2.42. The highest BCUT2D eigenvalue weighted by Crippen LogP contribution is 1.93. The molecule has 0 bridgehead atoms. The first kappa shape index (κ1) is 17.7. The Morgan fingerprint density at radius 1 is 1.47 bits per heavy atom. The molecule has 0 aliphatic carbocycles. The van der Waals surface area contributed by atoms with Crippen molar-refractivity contribution in [3.05, 3.63) is 0 Å². The Morgan fingerprint density at radius 2 is 2.16 bits per heavy atom. The Labute approximate surface area is 115 Å². The largest absolute Gasteiger partial charge is 0.389 e. The minimum atomic E-state index is -0.736. The van der Waals surface area contributed by atoms with Crippen LogP contribution in [-0.4, -0.2) is 68.2 Å². The first-order chi connectivity index (χ1) is 8.97. The SMILES string of the molecule is C#CCNC(=O)N(C)C[C@@H](O)COCCOC(C)C. The summed E-state index contributed by atoms with van der Waals surface area (Å²) >= 11 is 0. The number of aliphatic hydroxyl groups excluding tert-OH is 1. The van der Waals surface area contributed by atoms with Gasteiger partial charge in [-0.2, -0.15) is 0 Å². The van der Waals surface area contributed by atoms with E-state index in [-0.39, 0.29) is 31.8 Å². The fraction of sp³-hybridized carbons (Fsp3) is 0.769. The molecule has 0 aromatic carbocycles. The fourth-order valence-corrected chi connectivity index (χ4v) is 1.28. The smallest absolute Gasteiger partial charge is 0.317 e. The number of carbonyl (C=O) groups excluding carboxylic acids is 1. The molecule has 6 heteroatoms. The van der Waals surface area contributed by atoms with E-state index in [0.717, 1.165) is 0 Å². The number of amides is 2. The molecule has 6 nitrogen and oxygen atoms in total. The van der Waals surface area contributed by atoms with E-state index in [1.54, 1.807) is 7.05 Å². The second kappa shape index (κ2) is 10.6. The molecular formula is C13H24N2O4. The zero-order valence-electron chi connectivity index (χ0n) is 11.9. The van der Waals surface area contributed by atoms with E-state index in [1.807, 2.05) is 13.8 Å². The Hall–Kier alpha value is -1.29. The third kappa shape index (κ3) is 10.3. The molecule has 110 valence electrons. The lowest BCUT2D eigenvalue weighted by Gasteiger charge is -2.20. The van der Waals surface area contributed by atoms with Gasteiger partial charge in [0.25, 0.3) is 0 Å². The van der Waals surface area contributed by atoms with Crippen LogP contribution < -0.4 is 5.32 Å². The maximum Gasteiger partial charge on any atom is 0.317 e. The van der Waals surface area contributed by atoms with Crippen molar-refractivity contribution in [1.82, 2.24) is 10.2 Å². The molecule has 2 N–H and O–H groups in total. The Morgan fingerprint density at radius 3 is 2.74 bits per heavy atom. The molecular weight excluding hydrogens is 248 g/mol. The van der Waals surface area contributed by atoms with Crippen LogP contribution in [0.25, 0.3) is 0 Å². The van der Waals surface area contributed by atoms with E-state index in [0.29, 0.717) is 13.2 Å². The predicted molar refractivity (Wildman–Crippen MR) is 72.8 cm³/mol. The second-order valence-electron chi connectivity index (χ2n) is 4.39. The van der Waals surface area contributed by atoms with Gasteiger partial charge in [-0.25, -0.2) is 4.79 Å². The number of aliphatic hydroxyl groups is 1. The summed E-state index contributed by atoms with van der Waals surface area (Å²) in [5, 5.41) is 12.2. The van der Waals surface area contributed by atoms with Crippen molar-refractivity contribution in [3.63, 3.8) is 0 Å². The molecule has 0 saturated heterocycles. The maximum absolute atomic E-state index is 11.4. The maximum atomic E-state index is 11.4. The number of terminal acetylenes is 1. The van der Waals surface area contributed by atoms with Crippen molar-refractivity contribution in [2.75, 3.05) is 40.0 Å². The number of carbonyl (C=O) groups is 1. The van der Waals surface area contributed by atoms with Crippen molar-refractivity contribution >= 4 is 6.03 Å². The van der Waals surface area contributed by atoms with Gasteiger partial charge in [0.1, 0.15) is 0 Å². The number of urea groups is 1. The zero-order chi connectivity index (χ0) is 14.7. The summed E-state index contributed by atoms with van der Waals surface area (Å²) in [5.74, 6) is 2.30. The summed E-state index contributed by atoms with van der Waals surface area (Å²) < 4.78 is 10.5. The van der Waals surface area contributed by atoms with Crippen LogP contribution in [0, 0.1) is 12.3 Å². The van der Waals surface area contributed by atoms with Gasteiger partial charge in [-0.3, -0.25) is 0 Å². The van der Waals surface area contributed by atoms with Gasteiger partial charge in [-0.1, -0.05) is 5.92 Å². The lowest BCUT2D eigenvalue weighted by molar-refractivity contribution is -0.0147. The number of nitrogens with one attached hydrogen (secondary N) is 1. The molecule has 0 aliphatic rings. The highest BCUT2D eigenvalue weighted by Gasteiger charge is 2.13. The van der Waals surface area contributed by atoms with E-state index in [2.05, 4.69) is 11.2 Å². The molecule has 19 heavy (non-hydrogen) atoms. The minimum absolute atomic E-state index is 0.161. The first-order valence-electron chi connectivity index (χ1n) is 6.27. The third-order valence-electron chi connectivity index (χ3n) is 2.16. The molecule has 0 aromatic rings. The van der Waals surface area contributed by atoms with Crippen LogP contribution >= 0.6 is 0 Å². The summed E-state index contributed by atoms with van der Waals surface area (Å²) in [6.07, 6.45) is 4.46. The quantitative estimate of drug-likeness (QED) is 0.460. The van der Waals surface area contributed by atoms with Crippen molar-refractivity contribution in [2.45, 2.75) is 26.1 Å². The van der Waals surface area contributed by atoms with Crippen LogP contribution in [0.5, 0.6) is 0 Å². The molecule has 1 atom stereocenters. The van der Waals surface area contributed by atoms with Gasteiger partial charge in [0.2, 0.25) is 0 Å². The molecule has 0 fully saturated rings. The molecule has 0 radical (unpaired) electrons. The fourth-order valence-electron chi connectivity index (χ4n) is 1.28. The van der Waals surface area contributed by atoms with E-state index in [1.165, 1.54) is 4.90 Å². The Balaban J connectivity index is 3.64. The van der Waals surface area contributed by atoms with Crippen molar-refractivity contribution in [3.8, 4) is 12.3 Å². The zero-order valence-corrected chi connectivity index (χ0v) is 11.9. The monoisotopic (exact) mass is 272 g/mol. The molecule has 2 amide bonds. The summed E-state index contributed by atoms with van der Waals surface area (Å²) in [6, 6.07) is -0.319. The molecule has 0 heterocycles. The second-order valence-corrected chi connectivity index (χ2v) is 4.39. The number of nitrogens with zero attached hydrogens (tertiary/aromatic N) is 1. The molecule has 0 unspecified atom stereocenters. The normalized spacial score (nSPS) is 12.0. The number of rotatable bonds is 9. The van der Waals surface area contributed by atoms with Crippen LogP contribution in [0.1, 0.15) is 13.8 Å². The molecule has 0 aliphatic heterocycles. The van der Waals surface area contributed by atoms with E-state index >= 15 is 0 Å². The first-order valence-corrected chi connectivity index (χ1v) is 6.27. The van der Waals surface area contributed by atoms with Gasteiger partial charge in [-0.05, 0) is 13.8 Å². The summed E-state index contributed by atoms with van der Waals surface area (Å²) in [5.41, 5.74) is 0. The molecule has 0 aromatic heterocycles. The van der Waals surface area contributed by atoms with Gasteiger partial charge >= 0.3 is 6.03 Å². The molecule has 0 rings (SSSR count). The summed E-state index contributed by atoms with van der Waals surface area (Å²) in [4.78, 5) is 12.8. The van der Waals surface area contributed by atoms with Crippen LogP contribution in [0.3, 0.4) is 0 Å². The van der Waals surface area contributed by atoms with Gasteiger partial charge in [0, 0.05) is 7.05 Å². The molecule has 0 saturated carbocycles. The Bertz CT molecular complexity index is 289. The lowest BCUT2D eigenvalue weighted by atomic mass is 10.3. The van der Waals surface area contributed by atoms with Gasteiger partial charge in [-0.15, -0.1) is 6.42 Å². The summed E-state index contributed by atoms with van der Waals surface area (Å²) in [7, 11) is 1.58. The van der Waals surface area contributed by atoms with Crippen molar-refractivity contribution in [2.24, 2.45) is 0 Å². The minimum Gasteiger partial charge on any atom is -0.389 e. The van der Waals surface area contributed by atoms with Gasteiger partial charge in [0.15, 0.2) is 0 Å². The highest BCUT2D eigenvalue weighted by atomic mass is 16.5.